The lowest BCUT2D eigenvalue weighted by molar-refractivity contribution is -0.117. The number of carbonyl (C=O) groups is 1. The monoisotopic (exact) mass is 362 g/mol. The smallest absolute Gasteiger partial charge is 0.232 e. The van der Waals surface area contributed by atoms with Crippen molar-refractivity contribution < 1.29 is 4.79 Å². The summed E-state index contributed by atoms with van der Waals surface area (Å²) in [7, 11) is 0. The summed E-state index contributed by atoms with van der Waals surface area (Å²) in [5.41, 5.74) is 9.36. The van der Waals surface area contributed by atoms with Crippen LogP contribution in [0.15, 0.2) is 45.8 Å². The summed E-state index contributed by atoms with van der Waals surface area (Å²) in [6.45, 7) is 1.94. The maximum atomic E-state index is 12.6. The van der Waals surface area contributed by atoms with Gasteiger partial charge in [-0.2, -0.15) is 0 Å². The molecule has 0 spiro atoms. The van der Waals surface area contributed by atoms with E-state index in [0.29, 0.717) is 11.4 Å². The fourth-order valence-electron chi connectivity index (χ4n) is 2.53. The fourth-order valence-corrected chi connectivity index (χ4v) is 4.35. The van der Waals surface area contributed by atoms with Crippen LogP contribution in [0.2, 0.25) is 0 Å². The van der Waals surface area contributed by atoms with Gasteiger partial charge < -0.3 is 11.1 Å². The van der Waals surface area contributed by atoms with E-state index in [4.69, 9.17) is 5.73 Å². The Morgan fingerprint density at radius 2 is 2.14 bits per heavy atom. The lowest BCUT2D eigenvalue weighted by Crippen LogP contribution is -2.22. The van der Waals surface area contributed by atoms with E-state index in [1.165, 1.54) is 4.90 Å². The van der Waals surface area contributed by atoms with Gasteiger partial charge in [0, 0.05) is 15.1 Å². The number of nitrogen functional groups attached to an aromatic ring is 1. The number of nitrogens with two attached hydrogens (primary N) is 1. The van der Waals surface area contributed by atoms with Gasteiger partial charge in [0.05, 0.1) is 17.3 Å². The van der Waals surface area contributed by atoms with Crippen LogP contribution in [0.5, 0.6) is 0 Å². The average molecular weight is 363 g/mol. The Morgan fingerprint density at radius 3 is 2.90 bits per heavy atom. The third kappa shape index (κ3) is 2.80. The van der Waals surface area contributed by atoms with Crippen LogP contribution < -0.4 is 11.1 Å². The molecule has 2 aromatic rings. The van der Waals surface area contributed by atoms with Crippen molar-refractivity contribution in [3.63, 3.8) is 0 Å². The number of benzene rings is 2. The van der Waals surface area contributed by atoms with E-state index < -0.39 is 0 Å². The van der Waals surface area contributed by atoms with Crippen LogP contribution in [0.3, 0.4) is 0 Å². The molecule has 3 nitrogen and oxygen atoms in total. The van der Waals surface area contributed by atoms with Gasteiger partial charge in [-0.25, -0.2) is 0 Å². The molecule has 1 unspecified atom stereocenters. The van der Waals surface area contributed by atoms with Crippen LogP contribution in [0.4, 0.5) is 11.4 Å². The second kappa shape index (κ2) is 5.73. The largest absolute Gasteiger partial charge is 0.397 e. The van der Waals surface area contributed by atoms with Gasteiger partial charge >= 0.3 is 0 Å². The van der Waals surface area contributed by atoms with Gasteiger partial charge in [-0.3, -0.25) is 4.79 Å². The second-order valence-electron chi connectivity index (χ2n) is 5.08. The summed E-state index contributed by atoms with van der Waals surface area (Å²) >= 11 is 5.13. The first-order chi connectivity index (χ1) is 10.1. The summed E-state index contributed by atoms with van der Waals surface area (Å²) in [5, 5.41) is 2.99. The summed E-state index contributed by atoms with van der Waals surface area (Å²) in [5.74, 6) is 0.666. The molecule has 0 saturated carbocycles. The molecule has 3 rings (SSSR count). The minimum atomic E-state index is -0.117. The molecule has 0 radical (unpaired) electrons. The minimum Gasteiger partial charge on any atom is -0.397 e. The number of aryl methyl sites for hydroxylation is 1. The molecular formula is C16H15BrN2OS. The van der Waals surface area contributed by atoms with Crippen LogP contribution in [0, 0.1) is 6.92 Å². The molecular weight excluding hydrogens is 348 g/mol. The molecule has 21 heavy (non-hydrogen) atoms. The van der Waals surface area contributed by atoms with Crippen molar-refractivity contribution in [2.75, 3.05) is 16.8 Å². The van der Waals surface area contributed by atoms with Crippen LogP contribution >= 0.6 is 27.7 Å². The molecule has 1 aliphatic heterocycles. The SMILES string of the molecule is Cc1cc(Br)cc(N)c1NC(=O)C1CSc2ccccc21. The van der Waals surface area contributed by atoms with E-state index in [-0.39, 0.29) is 11.8 Å². The molecule has 1 atom stereocenters. The first-order valence-electron chi connectivity index (χ1n) is 6.64. The number of hydrogen-bond acceptors (Lipinski definition) is 3. The molecule has 0 saturated heterocycles. The lowest BCUT2D eigenvalue weighted by atomic mass is 10.00. The summed E-state index contributed by atoms with van der Waals surface area (Å²) in [4.78, 5) is 13.8. The van der Waals surface area contributed by atoms with Crippen molar-refractivity contribution in [3.05, 3.63) is 52.0 Å². The van der Waals surface area contributed by atoms with E-state index in [2.05, 4.69) is 27.3 Å². The Morgan fingerprint density at radius 1 is 1.38 bits per heavy atom. The van der Waals surface area contributed by atoms with Gasteiger partial charge in [0.25, 0.3) is 0 Å². The van der Waals surface area contributed by atoms with Crippen LogP contribution in [-0.2, 0) is 4.79 Å². The van der Waals surface area contributed by atoms with Gasteiger partial charge in [-0.1, -0.05) is 34.1 Å². The van der Waals surface area contributed by atoms with Crippen LogP contribution in [0.25, 0.3) is 0 Å². The van der Waals surface area contributed by atoms with Gasteiger partial charge in [0.15, 0.2) is 0 Å². The Hall–Kier alpha value is -1.46. The lowest BCUT2D eigenvalue weighted by Gasteiger charge is -2.15. The first-order valence-corrected chi connectivity index (χ1v) is 8.42. The van der Waals surface area contributed by atoms with Crippen molar-refractivity contribution in [1.82, 2.24) is 0 Å². The molecule has 3 N–H and O–H groups in total. The highest BCUT2D eigenvalue weighted by atomic mass is 79.9. The highest BCUT2D eigenvalue weighted by Crippen LogP contribution is 2.40. The molecule has 0 aliphatic carbocycles. The molecule has 5 heteroatoms. The van der Waals surface area contributed by atoms with Gasteiger partial charge in [-0.05, 0) is 36.2 Å². The Bertz CT molecular complexity index is 694. The summed E-state index contributed by atoms with van der Waals surface area (Å²) < 4.78 is 0.914. The second-order valence-corrected chi connectivity index (χ2v) is 7.06. The Balaban J connectivity index is 1.86. The molecule has 0 aromatic heterocycles. The molecule has 108 valence electrons. The van der Waals surface area contributed by atoms with Crippen molar-refractivity contribution >= 4 is 45.0 Å². The number of rotatable bonds is 2. The number of thioether (sulfide) groups is 1. The van der Waals surface area contributed by atoms with Gasteiger partial charge in [0.2, 0.25) is 5.91 Å². The Labute approximate surface area is 136 Å². The normalized spacial score (nSPS) is 16.6. The number of carbonyl (C=O) groups excluding carboxylic acids is 1. The summed E-state index contributed by atoms with van der Waals surface area (Å²) in [6.07, 6.45) is 0. The minimum absolute atomic E-state index is 0.00423. The highest BCUT2D eigenvalue weighted by Gasteiger charge is 2.29. The molecule has 0 fully saturated rings. The van der Waals surface area contributed by atoms with E-state index >= 15 is 0 Å². The van der Waals surface area contributed by atoms with Crippen molar-refractivity contribution in [2.24, 2.45) is 0 Å². The number of anilines is 2. The zero-order chi connectivity index (χ0) is 15.0. The van der Waals surface area contributed by atoms with Crippen molar-refractivity contribution in [3.8, 4) is 0 Å². The number of nitrogens with one attached hydrogen (secondary N) is 1. The third-order valence-electron chi connectivity index (χ3n) is 3.60. The van der Waals surface area contributed by atoms with Crippen LogP contribution in [0.1, 0.15) is 17.0 Å². The number of fused-ring (bicyclic) bond motifs is 1. The highest BCUT2D eigenvalue weighted by molar-refractivity contribution is 9.10. The van der Waals surface area contributed by atoms with E-state index in [1.807, 2.05) is 31.2 Å². The zero-order valence-corrected chi connectivity index (χ0v) is 13.9. The number of amides is 1. The van der Waals surface area contributed by atoms with Gasteiger partial charge in [0.1, 0.15) is 0 Å². The third-order valence-corrected chi connectivity index (χ3v) is 5.24. The number of halogens is 1. The first kappa shape index (κ1) is 14.5. The zero-order valence-electron chi connectivity index (χ0n) is 11.5. The topological polar surface area (TPSA) is 55.1 Å². The van der Waals surface area contributed by atoms with Crippen LogP contribution in [-0.4, -0.2) is 11.7 Å². The van der Waals surface area contributed by atoms with Gasteiger partial charge in [-0.15, -0.1) is 11.8 Å². The predicted octanol–water partition coefficient (Wildman–Crippen LogP) is 4.17. The molecule has 2 aromatic carbocycles. The molecule has 0 bridgehead atoms. The average Bonchev–Trinajstić information content (AvgIpc) is 2.86. The fraction of sp³-hybridized carbons (Fsp3) is 0.188. The molecule has 1 heterocycles. The maximum absolute atomic E-state index is 12.6. The standard InChI is InChI=1S/C16H15BrN2OS/c1-9-6-10(17)7-13(18)15(9)19-16(20)12-8-21-14-5-3-2-4-11(12)14/h2-7,12H,8,18H2,1H3,(H,19,20). The number of hydrogen-bond donors (Lipinski definition) is 2. The van der Waals surface area contributed by atoms with E-state index in [1.54, 1.807) is 17.8 Å². The maximum Gasteiger partial charge on any atom is 0.232 e. The Kier molecular flexibility index (Phi) is 3.95. The van der Waals surface area contributed by atoms with E-state index in [0.717, 1.165) is 21.4 Å². The van der Waals surface area contributed by atoms with E-state index in [9.17, 15) is 4.79 Å². The van der Waals surface area contributed by atoms with Crippen molar-refractivity contribution in [2.45, 2.75) is 17.7 Å². The molecule has 1 aliphatic rings. The predicted molar refractivity (Wildman–Crippen MR) is 91.8 cm³/mol. The van der Waals surface area contributed by atoms with Crippen molar-refractivity contribution in [1.29, 1.82) is 0 Å². The quantitative estimate of drug-likeness (QED) is 0.788. The molecule has 1 amide bonds. The summed E-state index contributed by atoms with van der Waals surface area (Å²) in [6, 6.07) is 11.8.